The van der Waals surface area contributed by atoms with Gasteiger partial charge in [-0.25, -0.2) is 0 Å². The molecule has 3 aromatic rings. The summed E-state index contributed by atoms with van der Waals surface area (Å²) in [5.41, 5.74) is 10.0. The molecule has 0 N–H and O–H groups in total. The average molecular weight is 386 g/mol. The predicted octanol–water partition coefficient (Wildman–Crippen LogP) is 5.75. The molecule has 3 heterocycles. The maximum atomic E-state index is 4.73. The lowest BCUT2D eigenvalue weighted by Crippen LogP contribution is -2.25. The van der Waals surface area contributed by atoms with Gasteiger partial charge in [-0.05, 0) is 91.7 Å². The zero-order chi connectivity index (χ0) is 20.6. The molecule has 0 unspecified atom stereocenters. The van der Waals surface area contributed by atoms with E-state index in [2.05, 4.69) is 93.0 Å². The highest BCUT2D eigenvalue weighted by Crippen LogP contribution is 2.36. The molecule has 4 rings (SSSR count). The first kappa shape index (κ1) is 19.8. The lowest BCUT2D eigenvalue weighted by molar-refractivity contribution is 0.243. The number of aromatic nitrogens is 2. The minimum Gasteiger partial charge on any atom is -0.293 e. The standard InChI is InChI=1S/C26H31N3/c1-18-7-6-8-24(28-18)17-29-12-11-26(4,5)25-10-9-21(15-23(25)16-29)22-13-19(2)27-20(3)14-22/h6-10,13-15H,11-12,16-17H2,1-5H3. The summed E-state index contributed by atoms with van der Waals surface area (Å²) in [5.74, 6) is 0. The van der Waals surface area contributed by atoms with Crippen LogP contribution in [0.15, 0.2) is 48.5 Å². The molecule has 1 aliphatic heterocycles. The van der Waals surface area contributed by atoms with E-state index in [-0.39, 0.29) is 5.41 Å². The van der Waals surface area contributed by atoms with Gasteiger partial charge in [0.25, 0.3) is 0 Å². The Morgan fingerprint density at radius 1 is 0.862 bits per heavy atom. The van der Waals surface area contributed by atoms with Gasteiger partial charge < -0.3 is 0 Å². The SMILES string of the molecule is Cc1cc(-c2ccc3c(c2)CN(Cc2cccc(C)n2)CCC3(C)C)cc(C)n1. The Hall–Kier alpha value is -2.52. The van der Waals surface area contributed by atoms with Crippen LogP contribution in [0.25, 0.3) is 11.1 Å². The zero-order valence-corrected chi connectivity index (χ0v) is 18.3. The molecule has 1 aliphatic rings. The number of rotatable bonds is 3. The van der Waals surface area contributed by atoms with E-state index < -0.39 is 0 Å². The van der Waals surface area contributed by atoms with Crippen molar-refractivity contribution >= 4 is 0 Å². The van der Waals surface area contributed by atoms with Gasteiger partial charge in [0.2, 0.25) is 0 Å². The van der Waals surface area contributed by atoms with Crippen molar-refractivity contribution in [2.24, 2.45) is 0 Å². The molecule has 0 fully saturated rings. The number of pyridine rings is 2. The first-order valence-corrected chi connectivity index (χ1v) is 10.5. The Morgan fingerprint density at radius 3 is 2.34 bits per heavy atom. The van der Waals surface area contributed by atoms with Gasteiger partial charge in [0.05, 0.1) is 5.69 Å². The smallest absolute Gasteiger partial charge is 0.0547 e. The second-order valence-electron chi connectivity index (χ2n) is 9.13. The maximum Gasteiger partial charge on any atom is 0.0547 e. The van der Waals surface area contributed by atoms with E-state index in [0.29, 0.717) is 0 Å². The Labute approximate surface area is 174 Å². The summed E-state index contributed by atoms with van der Waals surface area (Å²) in [6, 6.07) is 17.7. The van der Waals surface area contributed by atoms with Crippen LogP contribution in [0, 0.1) is 20.8 Å². The van der Waals surface area contributed by atoms with Crippen molar-refractivity contribution in [3.63, 3.8) is 0 Å². The van der Waals surface area contributed by atoms with Gasteiger partial charge in [0.15, 0.2) is 0 Å². The summed E-state index contributed by atoms with van der Waals surface area (Å²) in [6.07, 6.45) is 1.15. The van der Waals surface area contributed by atoms with Crippen LogP contribution in [-0.2, 0) is 18.5 Å². The van der Waals surface area contributed by atoms with Gasteiger partial charge in [-0.3, -0.25) is 14.9 Å². The second kappa shape index (κ2) is 7.72. The second-order valence-corrected chi connectivity index (χ2v) is 9.13. The van der Waals surface area contributed by atoms with Crippen LogP contribution in [0.3, 0.4) is 0 Å². The Balaban J connectivity index is 1.69. The van der Waals surface area contributed by atoms with Gasteiger partial charge in [-0.1, -0.05) is 32.0 Å². The van der Waals surface area contributed by atoms with Crippen molar-refractivity contribution in [2.45, 2.75) is 59.5 Å². The summed E-state index contributed by atoms with van der Waals surface area (Å²) >= 11 is 0. The van der Waals surface area contributed by atoms with E-state index in [9.17, 15) is 0 Å². The fraction of sp³-hybridized carbons (Fsp3) is 0.385. The monoisotopic (exact) mass is 385 g/mol. The summed E-state index contributed by atoms with van der Waals surface area (Å²) in [6.45, 7) is 13.9. The molecule has 0 spiro atoms. The summed E-state index contributed by atoms with van der Waals surface area (Å²) in [4.78, 5) is 11.8. The van der Waals surface area contributed by atoms with E-state index in [4.69, 9.17) is 4.98 Å². The van der Waals surface area contributed by atoms with Gasteiger partial charge in [-0.2, -0.15) is 0 Å². The summed E-state index contributed by atoms with van der Waals surface area (Å²) in [7, 11) is 0. The van der Waals surface area contributed by atoms with Crippen LogP contribution in [0.1, 0.15) is 54.2 Å². The molecular formula is C26H31N3. The van der Waals surface area contributed by atoms with Crippen molar-refractivity contribution in [1.82, 2.24) is 14.9 Å². The van der Waals surface area contributed by atoms with Crippen LogP contribution in [0.5, 0.6) is 0 Å². The quantitative estimate of drug-likeness (QED) is 0.574. The van der Waals surface area contributed by atoms with Crippen LogP contribution in [-0.4, -0.2) is 21.4 Å². The van der Waals surface area contributed by atoms with Crippen molar-refractivity contribution in [1.29, 1.82) is 0 Å². The number of nitrogens with zero attached hydrogens (tertiary/aromatic N) is 3. The first-order chi connectivity index (χ1) is 13.8. The molecule has 0 radical (unpaired) electrons. The molecule has 0 amide bonds. The van der Waals surface area contributed by atoms with Crippen molar-refractivity contribution in [3.05, 3.63) is 82.4 Å². The number of hydrogen-bond acceptors (Lipinski definition) is 3. The average Bonchev–Trinajstić information content (AvgIpc) is 2.77. The number of aryl methyl sites for hydroxylation is 3. The molecular weight excluding hydrogens is 354 g/mol. The van der Waals surface area contributed by atoms with E-state index in [0.717, 1.165) is 48.8 Å². The third-order valence-corrected chi connectivity index (χ3v) is 6.03. The highest BCUT2D eigenvalue weighted by molar-refractivity contribution is 5.66. The number of hydrogen-bond donors (Lipinski definition) is 0. The van der Waals surface area contributed by atoms with E-state index >= 15 is 0 Å². The van der Waals surface area contributed by atoms with Gasteiger partial charge >= 0.3 is 0 Å². The van der Waals surface area contributed by atoms with E-state index in [1.165, 1.54) is 22.3 Å². The number of fused-ring (bicyclic) bond motifs is 1. The van der Waals surface area contributed by atoms with Gasteiger partial charge in [-0.15, -0.1) is 0 Å². The zero-order valence-electron chi connectivity index (χ0n) is 18.3. The molecule has 0 saturated heterocycles. The Bertz CT molecular complexity index is 1020. The van der Waals surface area contributed by atoms with Crippen molar-refractivity contribution in [2.75, 3.05) is 6.54 Å². The van der Waals surface area contributed by atoms with E-state index in [1.807, 2.05) is 0 Å². The molecule has 1 aromatic carbocycles. The third kappa shape index (κ3) is 4.40. The molecule has 0 atom stereocenters. The minimum absolute atomic E-state index is 0.173. The molecule has 0 saturated carbocycles. The van der Waals surface area contributed by atoms with Crippen LogP contribution < -0.4 is 0 Å². The van der Waals surface area contributed by atoms with Crippen molar-refractivity contribution in [3.8, 4) is 11.1 Å². The molecule has 2 aromatic heterocycles. The molecule has 0 bridgehead atoms. The van der Waals surface area contributed by atoms with Crippen LogP contribution in [0.4, 0.5) is 0 Å². The topological polar surface area (TPSA) is 29.0 Å². The van der Waals surface area contributed by atoms with Crippen LogP contribution in [0.2, 0.25) is 0 Å². The number of benzene rings is 1. The highest BCUT2D eigenvalue weighted by Gasteiger charge is 2.29. The molecule has 29 heavy (non-hydrogen) atoms. The van der Waals surface area contributed by atoms with Gasteiger partial charge in [0, 0.05) is 30.2 Å². The fourth-order valence-electron chi connectivity index (χ4n) is 4.51. The molecule has 150 valence electrons. The van der Waals surface area contributed by atoms with E-state index in [1.54, 1.807) is 0 Å². The first-order valence-electron chi connectivity index (χ1n) is 10.5. The largest absolute Gasteiger partial charge is 0.293 e. The maximum absolute atomic E-state index is 4.73. The van der Waals surface area contributed by atoms with Gasteiger partial charge in [0.1, 0.15) is 0 Å². The normalized spacial score (nSPS) is 16.3. The summed E-state index contributed by atoms with van der Waals surface area (Å²) < 4.78 is 0. The van der Waals surface area contributed by atoms with Crippen molar-refractivity contribution < 1.29 is 0 Å². The molecule has 0 aliphatic carbocycles. The lowest BCUT2D eigenvalue weighted by atomic mass is 9.79. The fourth-order valence-corrected chi connectivity index (χ4v) is 4.51. The Kier molecular flexibility index (Phi) is 5.26. The highest BCUT2D eigenvalue weighted by atomic mass is 15.1. The predicted molar refractivity (Wildman–Crippen MR) is 120 cm³/mol. The Morgan fingerprint density at radius 2 is 1.62 bits per heavy atom. The third-order valence-electron chi connectivity index (χ3n) is 6.03. The van der Waals surface area contributed by atoms with Crippen LogP contribution >= 0.6 is 0 Å². The lowest BCUT2D eigenvalue weighted by Gasteiger charge is -2.25. The molecule has 3 heteroatoms. The molecule has 3 nitrogen and oxygen atoms in total. The minimum atomic E-state index is 0.173. The summed E-state index contributed by atoms with van der Waals surface area (Å²) in [5, 5.41) is 0.